The Kier molecular flexibility index (Phi) is 10.2. The zero-order valence-corrected chi connectivity index (χ0v) is 18.4. The summed E-state index contributed by atoms with van der Waals surface area (Å²) in [4.78, 5) is 25.5. The smallest absolute Gasteiger partial charge is 0.193 e. The molecule has 0 N–H and O–H groups in total. The van der Waals surface area contributed by atoms with E-state index in [-0.39, 0.29) is 18.0 Å². The minimum atomic E-state index is -0.235. The molecule has 0 saturated carbocycles. The summed E-state index contributed by atoms with van der Waals surface area (Å²) >= 11 is 0. The highest BCUT2D eigenvalue weighted by atomic mass is 16.5. The standard InChI is InChI=1S/C22H26O6.C2H4/c1-6-7-16(23)10-15-12-20(27-4)21(28-5)13-17(15)22(24)14-8-9-18(25-2)19(11-14)26-3;1-2/h8-9,11-13H,6-7,10H2,1-5H3;1-2H2. The summed E-state index contributed by atoms with van der Waals surface area (Å²) in [6.07, 6.45) is 1.37. The maximum atomic E-state index is 13.2. The number of benzene rings is 2. The van der Waals surface area contributed by atoms with Crippen LogP contribution in [0.5, 0.6) is 23.0 Å². The van der Waals surface area contributed by atoms with E-state index in [1.807, 2.05) is 6.92 Å². The van der Waals surface area contributed by atoms with Crippen molar-refractivity contribution < 1.29 is 28.5 Å². The highest BCUT2D eigenvalue weighted by Crippen LogP contribution is 2.34. The molecule has 0 atom stereocenters. The molecule has 30 heavy (non-hydrogen) atoms. The topological polar surface area (TPSA) is 71.1 Å². The molecule has 2 aromatic carbocycles. The minimum absolute atomic E-state index is 0.0658. The minimum Gasteiger partial charge on any atom is -0.493 e. The Labute approximate surface area is 178 Å². The molecular formula is C24H30O6. The van der Waals surface area contributed by atoms with E-state index >= 15 is 0 Å². The van der Waals surface area contributed by atoms with Crippen molar-refractivity contribution in [3.8, 4) is 23.0 Å². The lowest BCUT2D eigenvalue weighted by molar-refractivity contribution is -0.118. The quantitative estimate of drug-likeness (QED) is 0.416. The average Bonchev–Trinajstić information content (AvgIpc) is 2.79. The van der Waals surface area contributed by atoms with E-state index in [1.54, 1.807) is 30.3 Å². The first kappa shape index (κ1) is 24.8. The van der Waals surface area contributed by atoms with Gasteiger partial charge in [-0.05, 0) is 42.3 Å². The lowest BCUT2D eigenvalue weighted by Crippen LogP contribution is -2.11. The Bertz CT molecular complexity index is 872. The summed E-state index contributed by atoms with van der Waals surface area (Å²) in [6, 6.07) is 8.27. The van der Waals surface area contributed by atoms with Gasteiger partial charge in [0.15, 0.2) is 28.8 Å². The molecule has 0 saturated heterocycles. The van der Waals surface area contributed by atoms with Crippen molar-refractivity contribution in [3.05, 3.63) is 60.2 Å². The molecule has 0 aliphatic carbocycles. The Morgan fingerprint density at radius 1 is 0.800 bits per heavy atom. The number of ether oxygens (including phenoxy) is 4. The van der Waals surface area contributed by atoms with Crippen LogP contribution in [0.25, 0.3) is 0 Å². The van der Waals surface area contributed by atoms with Crippen molar-refractivity contribution in [2.75, 3.05) is 28.4 Å². The van der Waals surface area contributed by atoms with Gasteiger partial charge in [0.2, 0.25) is 0 Å². The second-order valence-electron chi connectivity index (χ2n) is 6.23. The molecule has 6 nitrogen and oxygen atoms in total. The van der Waals surface area contributed by atoms with Crippen molar-refractivity contribution in [1.29, 1.82) is 0 Å². The van der Waals surface area contributed by atoms with Crippen LogP contribution in [0.4, 0.5) is 0 Å². The number of ketones is 2. The monoisotopic (exact) mass is 414 g/mol. The third kappa shape index (κ3) is 5.86. The largest absolute Gasteiger partial charge is 0.493 e. The number of Topliss-reactive ketones (excluding diaryl/α,β-unsaturated/α-hetero) is 1. The van der Waals surface area contributed by atoms with Crippen LogP contribution in [-0.4, -0.2) is 40.0 Å². The lowest BCUT2D eigenvalue weighted by atomic mass is 9.93. The third-order valence-electron chi connectivity index (χ3n) is 4.42. The summed E-state index contributed by atoms with van der Waals surface area (Å²) in [5.74, 6) is 1.73. The van der Waals surface area contributed by atoms with Crippen molar-refractivity contribution in [3.63, 3.8) is 0 Å². The number of hydrogen-bond donors (Lipinski definition) is 0. The molecule has 0 aliphatic rings. The molecule has 2 rings (SSSR count). The normalized spacial score (nSPS) is 9.77. The number of carbonyl (C=O) groups excluding carboxylic acids is 2. The van der Waals surface area contributed by atoms with Gasteiger partial charge in [0.05, 0.1) is 28.4 Å². The maximum absolute atomic E-state index is 13.2. The van der Waals surface area contributed by atoms with Crippen molar-refractivity contribution in [2.45, 2.75) is 26.2 Å². The highest BCUT2D eigenvalue weighted by molar-refractivity contribution is 6.11. The van der Waals surface area contributed by atoms with Gasteiger partial charge in [-0.15, -0.1) is 13.2 Å². The molecule has 6 heteroatoms. The fourth-order valence-electron chi connectivity index (χ4n) is 2.99. The van der Waals surface area contributed by atoms with E-state index in [1.165, 1.54) is 28.4 Å². The van der Waals surface area contributed by atoms with Crippen molar-refractivity contribution in [2.24, 2.45) is 0 Å². The molecule has 162 valence electrons. The van der Waals surface area contributed by atoms with E-state index in [4.69, 9.17) is 18.9 Å². The SMILES string of the molecule is C=C.CCCC(=O)Cc1cc(OC)c(OC)cc1C(=O)c1ccc(OC)c(OC)c1. The summed E-state index contributed by atoms with van der Waals surface area (Å²) < 4.78 is 21.2. The van der Waals surface area contributed by atoms with Crippen LogP contribution in [0, 0.1) is 0 Å². The predicted molar refractivity (Wildman–Crippen MR) is 117 cm³/mol. The number of rotatable bonds is 10. The summed E-state index contributed by atoms with van der Waals surface area (Å²) in [7, 11) is 6.07. The first-order valence-electron chi connectivity index (χ1n) is 9.52. The Hall–Kier alpha value is -3.28. The van der Waals surface area contributed by atoms with Gasteiger partial charge in [-0.3, -0.25) is 9.59 Å². The van der Waals surface area contributed by atoms with E-state index in [2.05, 4.69) is 13.2 Å². The second kappa shape index (κ2) is 12.3. The molecule has 0 amide bonds. The van der Waals surface area contributed by atoms with E-state index < -0.39 is 0 Å². The van der Waals surface area contributed by atoms with Crippen molar-refractivity contribution >= 4 is 11.6 Å². The molecule has 0 aliphatic heterocycles. The summed E-state index contributed by atoms with van der Waals surface area (Å²) in [5.41, 5.74) is 1.43. The van der Waals surface area contributed by atoms with Crippen LogP contribution in [0.2, 0.25) is 0 Å². The van der Waals surface area contributed by atoms with E-state index in [9.17, 15) is 9.59 Å². The molecule has 0 radical (unpaired) electrons. The second-order valence-corrected chi connectivity index (χ2v) is 6.23. The zero-order valence-electron chi connectivity index (χ0n) is 18.4. The fraction of sp³-hybridized carbons (Fsp3) is 0.333. The lowest BCUT2D eigenvalue weighted by Gasteiger charge is -2.15. The Morgan fingerprint density at radius 3 is 1.87 bits per heavy atom. The van der Waals surface area contributed by atoms with Gasteiger partial charge >= 0.3 is 0 Å². The molecule has 0 aromatic heterocycles. The van der Waals surface area contributed by atoms with Crippen LogP contribution in [0.1, 0.15) is 41.3 Å². The van der Waals surface area contributed by atoms with E-state index in [0.29, 0.717) is 46.1 Å². The van der Waals surface area contributed by atoms with Gasteiger partial charge in [-0.25, -0.2) is 0 Å². The zero-order chi connectivity index (χ0) is 22.7. The van der Waals surface area contributed by atoms with E-state index in [0.717, 1.165) is 6.42 Å². The Balaban J connectivity index is 0.00000218. The average molecular weight is 414 g/mol. The number of methoxy groups -OCH3 is 4. The predicted octanol–water partition coefficient (Wildman–Crippen LogP) is 4.67. The van der Waals surface area contributed by atoms with Crippen LogP contribution in [0.3, 0.4) is 0 Å². The molecule has 0 fully saturated rings. The van der Waals surface area contributed by atoms with Crippen LogP contribution >= 0.6 is 0 Å². The molecular weight excluding hydrogens is 384 g/mol. The van der Waals surface area contributed by atoms with Gasteiger partial charge < -0.3 is 18.9 Å². The summed E-state index contributed by atoms with van der Waals surface area (Å²) in [6.45, 7) is 7.95. The third-order valence-corrected chi connectivity index (χ3v) is 4.42. The number of carbonyl (C=O) groups is 2. The molecule has 0 bridgehead atoms. The van der Waals surface area contributed by atoms with Gasteiger partial charge in [-0.2, -0.15) is 0 Å². The molecule has 0 heterocycles. The van der Waals surface area contributed by atoms with Crippen molar-refractivity contribution in [1.82, 2.24) is 0 Å². The molecule has 0 spiro atoms. The first-order valence-corrected chi connectivity index (χ1v) is 9.52. The first-order chi connectivity index (χ1) is 14.5. The van der Waals surface area contributed by atoms with Crippen LogP contribution in [-0.2, 0) is 11.2 Å². The maximum Gasteiger partial charge on any atom is 0.193 e. The summed E-state index contributed by atoms with van der Waals surface area (Å²) in [5, 5.41) is 0. The van der Waals surface area contributed by atoms with Gasteiger partial charge in [0, 0.05) is 24.0 Å². The molecule has 0 unspecified atom stereocenters. The molecule has 2 aromatic rings. The Morgan fingerprint density at radius 2 is 1.33 bits per heavy atom. The van der Waals surface area contributed by atoms with Gasteiger partial charge in [0.1, 0.15) is 5.78 Å². The van der Waals surface area contributed by atoms with Crippen LogP contribution < -0.4 is 18.9 Å². The highest BCUT2D eigenvalue weighted by Gasteiger charge is 2.21. The van der Waals surface area contributed by atoms with Gasteiger partial charge in [0.25, 0.3) is 0 Å². The van der Waals surface area contributed by atoms with Gasteiger partial charge in [-0.1, -0.05) is 6.92 Å². The fourth-order valence-corrected chi connectivity index (χ4v) is 2.99. The number of hydrogen-bond acceptors (Lipinski definition) is 6. The van der Waals surface area contributed by atoms with Crippen LogP contribution in [0.15, 0.2) is 43.5 Å².